The molecule has 1 fully saturated rings. The average Bonchev–Trinajstić information content (AvgIpc) is 2.82. The van der Waals surface area contributed by atoms with Gasteiger partial charge in [-0.3, -0.25) is 0 Å². The third-order valence-electron chi connectivity index (χ3n) is 2.65. The molecule has 17 heavy (non-hydrogen) atoms. The van der Waals surface area contributed by atoms with Crippen LogP contribution in [0.2, 0.25) is 0 Å². The second-order valence-corrected chi connectivity index (χ2v) is 4.20. The predicted molar refractivity (Wildman–Crippen MR) is 66.6 cm³/mol. The number of nitrogens with zero attached hydrogens (tertiary/aromatic N) is 1. The molecule has 1 aliphatic heterocycles. The van der Waals surface area contributed by atoms with Crippen molar-refractivity contribution in [3.05, 3.63) is 24.3 Å². The van der Waals surface area contributed by atoms with E-state index in [-0.39, 0.29) is 6.29 Å². The largest absolute Gasteiger partial charge is 0.493 e. The second kappa shape index (κ2) is 5.89. The zero-order valence-corrected chi connectivity index (χ0v) is 10.4. The van der Waals surface area contributed by atoms with Crippen LogP contribution in [0.1, 0.15) is 6.42 Å². The molecule has 1 aromatic rings. The Bertz CT molecular complexity index is 348. The lowest BCUT2D eigenvalue weighted by molar-refractivity contribution is -0.0531. The lowest BCUT2D eigenvalue weighted by atomic mass is 10.3. The van der Waals surface area contributed by atoms with Gasteiger partial charge in [-0.15, -0.1) is 0 Å². The van der Waals surface area contributed by atoms with Crippen molar-refractivity contribution in [2.24, 2.45) is 0 Å². The van der Waals surface area contributed by atoms with Gasteiger partial charge >= 0.3 is 0 Å². The van der Waals surface area contributed by atoms with Crippen molar-refractivity contribution < 1.29 is 14.2 Å². The molecule has 0 bridgehead atoms. The molecular weight excluding hydrogens is 218 g/mol. The van der Waals surface area contributed by atoms with Crippen LogP contribution in [-0.4, -0.2) is 40.2 Å². The van der Waals surface area contributed by atoms with E-state index in [1.54, 1.807) is 0 Å². The van der Waals surface area contributed by atoms with Crippen LogP contribution in [0.5, 0.6) is 5.75 Å². The molecule has 0 unspecified atom stereocenters. The molecule has 94 valence electrons. The Morgan fingerprint density at radius 2 is 2.06 bits per heavy atom. The summed E-state index contributed by atoms with van der Waals surface area (Å²) in [6, 6.07) is 8.03. The summed E-state index contributed by atoms with van der Waals surface area (Å²) in [6.07, 6.45) is 0.679. The van der Waals surface area contributed by atoms with Crippen molar-refractivity contribution in [2.75, 3.05) is 38.8 Å². The summed E-state index contributed by atoms with van der Waals surface area (Å²) in [6.45, 7) is 2.00. The highest BCUT2D eigenvalue weighted by atomic mass is 16.7. The molecule has 4 heteroatoms. The maximum absolute atomic E-state index is 5.67. The first-order valence-corrected chi connectivity index (χ1v) is 5.89. The minimum atomic E-state index is -0.0907. The molecular formula is C13H19NO3. The fourth-order valence-electron chi connectivity index (χ4n) is 1.70. The number of rotatable bonds is 5. The van der Waals surface area contributed by atoms with Crippen LogP contribution in [0.15, 0.2) is 24.3 Å². The molecule has 1 aliphatic rings. The number of benzene rings is 1. The zero-order chi connectivity index (χ0) is 12.1. The molecule has 0 aromatic heterocycles. The van der Waals surface area contributed by atoms with Crippen LogP contribution in [0.3, 0.4) is 0 Å². The molecule has 1 heterocycles. The first-order chi connectivity index (χ1) is 8.25. The molecule has 1 saturated heterocycles. The van der Waals surface area contributed by atoms with Gasteiger partial charge < -0.3 is 19.1 Å². The average molecular weight is 237 g/mol. The number of ether oxygens (including phenoxy) is 3. The fraction of sp³-hybridized carbons (Fsp3) is 0.538. The minimum Gasteiger partial charge on any atom is -0.493 e. The SMILES string of the molecule is CN(C)c1cccc(OCCC2OCCO2)c1. The molecule has 2 rings (SSSR count). The quantitative estimate of drug-likeness (QED) is 0.782. The van der Waals surface area contributed by atoms with E-state index in [9.17, 15) is 0 Å². The zero-order valence-electron chi connectivity index (χ0n) is 10.4. The highest BCUT2D eigenvalue weighted by molar-refractivity contribution is 5.49. The molecule has 0 N–H and O–H groups in total. The van der Waals surface area contributed by atoms with E-state index in [2.05, 4.69) is 11.0 Å². The van der Waals surface area contributed by atoms with E-state index in [4.69, 9.17) is 14.2 Å². The maximum atomic E-state index is 5.67. The Morgan fingerprint density at radius 1 is 1.29 bits per heavy atom. The van der Waals surface area contributed by atoms with E-state index >= 15 is 0 Å². The first-order valence-electron chi connectivity index (χ1n) is 5.89. The number of hydrogen-bond donors (Lipinski definition) is 0. The van der Waals surface area contributed by atoms with E-state index < -0.39 is 0 Å². The van der Waals surface area contributed by atoms with Gasteiger partial charge in [0.05, 0.1) is 19.8 Å². The van der Waals surface area contributed by atoms with E-state index in [1.807, 2.05) is 32.3 Å². The maximum Gasteiger partial charge on any atom is 0.161 e. The van der Waals surface area contributed by atoms with Crippen LogP contribution < -0.4 is 9.64 Å². The standard InChI is InChI=1S/C13H19NO3/c1-14(2)11-4-3-5-12(10-11)15-7-6-13-16-8-9-17-13/h3-5,10,13H,6-9H2,1-2H3. The van der Waals surface area contributed by atoms with Gasteiger partial charge in [0.25, 0.3) is 0 Å². The molecule has 1 aromatic carbocycles. The third-order valence-corrected chi connectivity index (χ3v) is 2.65. The highest BCUT2D eigenvalue weighted by Crippen LogP contribution is 2.19. The normalized spacial score (nSPS) is 16.1. The van der Waals surface area contributed by atoms with Crippen molar-refractivity contribution in [1.29, 1.82) is 0 Å². The molecule has 0 saturated carbocycles. The monoisotopic (exact) mass is 237 g/mol. The van der Waals surface area contributed by atoms with Gasteiger partial charge in [-0.05, 0) is 12.1 Å². The second-order valence-electron chi connectivity index (χ2n) is 4.20. The van der Waals surface area contributed by atoms with Crippen molar-refractivity contribution in [3.8, 4) is 5.75 Å². The van der Waals surface area contributed by atoms with Crippen LogP contribution in [0, 0.1) is 0 Å². The first kappa shape index (κ1) is 12.2. The molecule has 0 radical (unpaired) electrons. The molecule has 0 spiro atoms. The molecule has 0 aliphatic carbocycles. The van der Waals surface area contributed by atoms with E-state index in [0.717, 1.165) is 17.9 Å². The number of anilines is 1. The van der Waals surface area contributed by atoms with Gasteiger partial charge in [-0.1, -0.05) is 6.07 Å². The van der Waals surface area contributed by atoms with Gasteiger partial charge in [-0.2, -0.15) is 0 Å². The topological polar surface area (TPSA) is 30.9 Å². The Hall–Kier alpha value is -1.26. The van der Waals surface area contributed by atoms with Gasteiger partial charge in [0.15, 0.2) is 6.29 Å². The van der Waals surface area contributed by atoms with Crippen molar-refractivity contribution in [2.45, 2.75) is 12.7 Å². The smallest absolute Gasteiger partial charge is 0.161 e. The van der Waals surface area contributed by atoms with Crippen molar-refractivity contribution in [3.63, 3.8) is 0 Å². The van der Waals surface area contributed by atoms with Gasteiger partial charge in [0.1, 0.15) is 5.75 Å². The summed E-state index contributed by atoms with van der Waals surface area (Å²) in [5, 5.41) is 0. The summed E-state index contributed by atoms with van der Waals surface area (Å²) < 4.78 is 16.4. The molecule has 4 nitrogen and oxygen atoms in total. The van der Waals surface area contributed by atoms with Gasteiger partial charge in [0.2, 0.25) is 0 Å². The van der Waals surface area contributed by atoms with E-state index in [0.29, 0.717) is 19.8 Å². The fourth-order valence-corrected chi connectivity index (χ4v) is 1.70. The van der Waals surface area contributed by atoms with Crippen molar-refractivity contribution >= 4 is 5.69 Å². The Morgan fingerprint density at radius 3 is 2.76 bits per heavy atom. The van der Waals surface area contributed by atoms with Crippen LogP contribution in [-0.2, 0) is 9.47 Å². The Kier molecular flexibility index (Phi) is 4.23. The lowest BCUT2D eigenvalue weighted by Gasteiger charge is -2.14. The Labute approximate surface area is 102 Å². The summed E-state index contributed by atoms with van der Waals surface area (Å²) in [4.78, 5) is 2.05. The summed E-state index contributed by atoms with van der Waals surface area (Å²) >= 11 is 0. The molecule has 0 amide bonds. The minimum absolute atomic E-state index is 0.0907. The van der Waals surface area contributed by atoms with E-state index in [1.165, 1.54) is 0 Å². The van der Waals surface area contributed by atoms with Gasteiger partial charge in [-0.25, -0.2) is 0 Å². The summed E-state index contributed by atoms with van der Waals surface area (Å²) in [5.74, 6) is 0.884. The molecule has 0 atom stereocenters. The van der Waals surface area contributed by atoms with Gasteiger partial charge in [0, 0.05) is 32.3 Å². The summed E-state index contributed by atoms with van der Waals surface area (Å²) in [7, 11) is 4.03. The predicted octanol–water partition coefficient (Wildman–Crippen LogP) is 1.89. The van der Waals surface area contributed by atoms with Crippen molar-refractivity contribution in [1.82, 2.24) is 0 Å². The third kappa shape index (κ3) is 3.61. The van der Waals surface area contributed by atoms with Crippen LogP contribution in [0.4, 0.5) is 5.69 Å². The summed E-state index contributed by atoms with van der Waals surface area (Å²) in [5.41, 5.74) is 1.14. The Balaban J connectivity index is 1.79. The number of hydrogen-bond acceptors (Lipinski definition) is 4. The highest BCUT2D eigenvalue weighted by Gasteiger charge is 2.15. The van der Waals surface area contributed by atoms with Crippen LogP contribution in [0.25, 0.3) is 0 Å². The lowest BCUT2D eigenvalue weighted by Crippen LogP contribution is -2.13. The van der Waals surface area contributed by atoms with Crippen LogP contribution >= 0.6 is 0 Å².